The van der Waals surface area contributed by atoms with Gasteiger partial charge in [0.15, 0.2) is 0 Å². The van der Waals surface area contributed by atoms with Crippen LogP contribution in [0, 0.1) is 5.92 Å². The molecule has 0 aliphatic heterocycles. The fourth-order valence-corrected chi connectivity index (χ4v) is 2.07. The lowest BCUT2D eigenvalue weighted by Gasteiger charge is -2.12. The Kier molecular flexibility index (Phi) is 4.90. The molecule has 0 heterocycles. The van der Waals surface area contributed by atoms with Crippen molar-refractivity contribution in [1.82, 2.24) is 5.32 Å². The fraction of sp³-hybridized carbons (Fsp3) is 0.333. The third-order valence-electron chi connectivity index (χ3n) is 3.09. The quantitative estimate of drug-likeness (QED) is 0.768. The van der Waals surface area contributed by atoms with Crippen LogP contribution in [0.3, 0.4) is 0 Å². The number of carboxylic acid groups (broad SMARTS) is 1. The summed E-state index contributed by atoms with van der Waals surface area (Å²) in [6, 6.07) is 9.37. The maximum absolute atomic E-state index is 11.6. The SMILES string of the molecule is O=C(COCc1ccccc1)NC1C=CC(C(=O)O)C1. The predicted octanol–water partition coefficient (Wildman–Crippen LogP) is 1.35. The van der Waals surface area contributed by atoms with Crippen molar-refractivity contribution in [3.63, 3.8) is 0 Å². The predicted molar refractivity (Wildman–Crippen MR) is 72.9 cm³/mol. The minimum absolute atomic E-state index is 0.0308. The summed E-state index contributed by atoms with van der Waals surface area (Å²) in [5.41, 5.74) is 1.01. The zero-order valence-electron chi connectivity index (χ0n) is 11.0. The van der Waals surface area contributed by atoms with Crippen molar-refractivity contribution in [1.29, 1.82) is 0 Å². The summed E-state index contributed by atoms with van der Waals surface area (Å²) < 4.78 is 5.31. The number of rotatable bonds is 6. The van der Waals surface area contributed by atoms with E-state index in [1.165, 1.54) is 0 Å². The van der Waals surface area contributed by atoms with Crippen LogP contribution in [0.4, 0.5) is 0 Å². The maximum atomic E-state index is 11.6. The van der Waals surface area contributed by atoms with Crippen molar-refractivity contribution < 1.29 is 19.4 Å². The Balaban J connectivity index is 1.67. The molecule has 2 rings (SSSR count). The van der Waals surface area contributed by atoms with Crippen molar-refractivity contribution in [2.45, 2.75) is 19.1 Å². The number of nitrogens with one attached hydrogen (secondary N) is 1. The second kappa shape index (κ2) is 6.86. The number of hydrogen-bond donors (Lipinski definition) is 2. The molecule has 0 aromatic heterocycles. The molecule has 5 heteroatoms. The van der Waals surface area contributed by atoms with Crippen molar-refractivity contribution in [2.24, 2.45) is 5.92 Å². The number of aliphatic carboxylic acids is 1. The van der Waals surface area contributed by atoms with Gasteiger partial charge in [-0.2, -0.15) is 0 Å². The van der Waals surface area contributed by atoms with E-state index >= 15 is 0 Å². The van der Waals surface area contributed by atoms with Gasteiger partial charge < -0.3 is 15.2 Å². The Labute approximate surface area is 117 Å². The molecule has 1 aromatic rings. The van der Waals surface area contributed by atoms with E-state index in [0.717, 1.165) is 5.56 Å². The molecule has 0 saturated carbocycles. The van der Waals surface area contributed by atoms with Crippen molar-refractivity contribution in [2.75, 3.05) is 6.61 Å². The van der Waals surface area contributed by atoms with Crippen molar-refractivity contribution in [3.8, 4) is 0 Å². The molecule has 2 N–H and O–H groups in total. The fourth-order valence-electron chi connectivity index (χ4n) is 2.07. The number of carboxylic acids is 1. The lowest BCUT2D eigenvalue weighted by atomic mass is 10.1. The van der Waals surface area contributed by atoms with Crippen LogP contribution in [0.2, 0.25) is 0 Å². The molecule has 0 radical (unpaired) electrons. The summed E-state index contributed by atoms with van der Waals surface area (Å²) >= 11 is 0. The van der Waals surface area contributed by atoms with Gasteiger partial charge in [-0.3, -0.25) is 9.59 Å². The van der Waals surface area contributed by atoms with Crippen LogP contribution in [0.5, 0.6) is 0 Å². The molecule has 20 heavy (non-hydrogen) atoms. The number of carbonyl (C=O) groups excluding carboxylic acids is 1. The van der Waals surface area contributed by atoms with Gasteiger partial charge in [0, 0.05) is 6.04 Å². The third kappa shape index (κ3) is 4.20. The van der Waals surface area contributed by atoms with Crippen LogP contribution in [0.25, 0.3) is 0 Å². The molecule has 5 nitrogen and oxygen atoms in total. The van der Waals surface area contributed by atoms with E-state index in [-0.39, 0.29) is 18.6 Å². The molecule has 2 unspecified atom stereocenters. The minimum Gasteiger partial charge on any atom is -0.481 e. The molecule has 1 aliphatic carbocycles. The topological polar surface area (TPSA) is 75.6 Å². The largest absolute Gasteiger partial charge is 0.481 e. The van der Waals surface area contributed by atoms with E-state index in [1.54, 1.807) is 12.2 Å². The molecule has 1 aliphatic rings. The Morgan fingerprint density at radius 3 is 2.65 bits per heavy atom. The summed E-state index contributed by atoms with van der Waals surface area (Å²) in [6.45, 7) is 0.351. The number of ether oxygens (including phenoxy) is 1. The van der Waals surface area contributed by atoms with Crippen LogP contribution in [0.15, 0.2) is 42.5 Å². The summed E-state index contributed by atoms with van der Waals surface area (Å²) in [5.74, 6) is -1.61. The first-order chi connectivity index (χ1) is 9.65. The molecule has 0 spiro atoms. The molecule has 106 valence electrons. The van der Waals surface area contributed by atoms with E-state index in [4.69, 9.17) is 9.84 Å². The first kappa shape index (κ1) is 14.3. The smallest absolute Gasteiger partial charge is 0.310 e. The van der Waals surface area contributed by atoms with Crippen LogP contribution in [0.1, 0.15) is 12.0 Å². The second-order valence-electron chi connectivity index (χ2n) is 4.72. The van der Waals surface area contributed by atoms with Crippen LogP contribution >= 0.6 is 0 Å². The van der Waals surface area contributed by atoms with Gasteiger partial charge in [0.1, 0.15) is 6.61 Å². The maximum Gasteiger partial charge on any atom is 0.310 e. The van der Waals surface area contributed by atoms with E-state index < -0.39 is 11.9 Å². The molecule has 0 saturated heterocycles. The third-order valence-corrected chi connectivity index (χ3v) is 3.09. The van der Waals surface area contributed by atoms with Gasteiger partial charge >= 0.3 is 5.97 Å². The first-order valence-electron chi connectivity index (χ1n) is 6.47. The summed E-state index contributed by atoms with van der Waals surface area (Å²) in [7, 11) is 0. The zero-order valence-corrected chi connectivity index (χ0v) is 11.0. The lowest BCUT2D eigenvalue weighted by Crippen LogP contribution is -2.35. The number of amides is 1. The molecule has 1 amide bonds. The van der Waals surface area contributed by atoms with Crippen LogP contribution in [-0.2, 0) is 20.9 Å². The highest BCUT2D eigenvalue weighted by molar-refractivity contribution is 5.78. The first-order valence-corrected chi connectivity index (χ1v) is 6.47. The van der Waals surface area contributed by atoms with Gasteiger partial charge in [-0.25, -0.2) is 0 Å². The molecule has 0 bridgehead atoms. The zero-order chi connectivity index (χ0) is 14.4. The van der Waals surface area contributed by atoms with Crippen molar-refractivity contribution in [3.05, 3.63) is 48.0 Å². The molecular formula is C15H17NO4. The van der Waals surface area contributed by atoms with E-state index in [2.05, 4.69) is 5.32 Å². The van der Waals surface area contributed by atoms with Crippen molar-refractivity contribution >= 4 is 11.9 Å². The average Bonchev–Trinajstić information content (AvgIpc) is 2.88. The number of benzene rings is 1. The van der Waals surface area contributed by atoms with E-state index in [9.17, 15) is 9.59 Å². The normalized spacial score (nSPS) is 20.8. The highest BCUT2D eigenvalue weighted by atomic mass is 16.5. The van der Waals surface area contributed by atoms with Crippen LogP contribution in [-0.4, -0.2) is 29.6 Å². The average molecular weight is 275 g/mol. The highest BCUT2D eigenvalue weighted by Gasteiger charge is 2.25. The number of hydrogen-bond acceptors (Lipinski definition) is 3. The number of carbonyl (C=O) groups is 2. The Hall–Kier alpha value is -2.14. The minimum atomic E-state index is -0.863. The Morgan fingerprint density at radius 2 is 2.00 bits per heavy atom. The Bertz CT molecular complexity index is 498. The summed E-state index contributed by atoms with van der Waals surface area (Å²) in [6.07, 6.45) is 3.73. The van der Waals surface area contributed by atoms with E-state index in [1.807, 2.05) is 30.3 Å². The monoisotopic (exact) mass is 275 g/mol. The van der Waals surface area contributed by atoms with Gasteiger partial charge in [0.05, 0.1) is 12.5 Å². The van der Waals surface area contributed by atoms with Gasteiger partial charge in [-0.15, -0.1) is 0 Å². The standard InChI is InChI=1S/C15H17NO4/c17-14(10-20-9-11-4-2-1-3-5-11)16-13-7-6-12(8-13)15(18)19/h1-7,12-13H,8-10H2,(H,16,17)(H,18,19). The van der Waals surface area contributed by atoms with Gasteiger partial charge in [0.2, 0.25) is 5.91 Å². The Morgan fingerprint density at radius 1 is 1.25 bits per heavy atom. The van der Waals surface area contributed by atoms with Gasteiger partial charge in [-0.1, -0.05) is 42.5 Å². The molecule has 1 aromatic carbocycles. The van der Waals surface area contributed by atoms with E-state index in [0.29, 0.717) is 13.0 Å². The molecule has 0 fully saturated rings. The lowest BCUT2D eigenvalue weighted by molar-refractivity contribution is -0.140. The van der Waals surface area contributed by atoms with Gasteiger partial charge in [-0.05, 0) is 12.0 Å². The molecule has 2 atom stereocenters. The summed E-state index contributed by atoms with van der Waals surface area (Å²) in [4.78, 5) is 22.4. The van der Waals surface area contributed by atoms with Crippen LogP contribution < -0.4 is 5.32 Å². The molecular weight excluding hydrogens is 258 g/mol. The second-order valence-corrected chi connectivity index (χ2v) is 4.72. The summed E-state index contributed by atoms with van der Waals surface area (Å²) in [5, 5.41) is 11.6. The highest BCUT2D eigenvalue weighted by Crippen LogP contribution is 2.17. The van der Waals surface area contributed by atoms with Gasteiger partial charge in [0.25, 0.3) is 0 Å².